The average Bonchev–Trinajstić information content (AvgIpc) is 2.36. The molecule has 0 bridgehead atoms. The number of rotatable bonds is 7. The van der Waals surface area contributed by atoms with E-state index in [0.29, 0.717) is 12.2 Å². The van der Waals surface area contributed by atoms with Crippen molar-refractivity contribution in [2.75, 3.05) is 39.7 Å². The van der Waals surface area contributed by atoms with Crippen LogP contribution in [0.1, 0.15) is 5.56 Å². The second kappa shape index (κ2) is 7.03. The van der Waals surface area contributed by atoms with Gasteiger partial charge in [0.2, 0.25) is 0 Å². The lowest BCUT2D eigenvalue weighted by Crippen LogP contribution is -2.28. The van der Waals surface area contributed by atoms with E-state index in [9.17, 15) is 10.1 Å². The molecule has 0 radical (unpaired) electrons. The third kappa shape index (κ3) is 4.47. The fourth-order valence-corrected chi connectivity index (χ4v) is 1.78. The van der Waals surface area contributed by atoms with E-state index >= 15 is 0 Å². The normalized spacial score (nSPS) is 11.1. The fraction of sp³-hybridized carbons (Fsp3) is 0.500. The number of nitrogens with one attached hydrogen (secondary N) is 1. The molecule has 0 saturated heterocycles. The summed E-state index contributed by atoms with van der Waals surface area (Å²) in [5.41, 5.74) is 3.63. The van der Waals surface area contributed by atoms with E-state index in [0.717, 1.165) is 18.7 Å². The Kier molecular flexibility index (Phi) is 5.68. The number of nitrogens with zero attached hydrogens (tertiary/aromatic N) is 3. The van der Waals surface area contributed by atoms with Gasteiger partial charge >= 0.3 is 0 Å². The predicted molar refractivity (Wildman–Crippen MR) is 75.8 cm³/mol. The van der Waals surface area contributed by atoms with Crippen molar-refractivity contribution in [3.63, 3.8) is 0 Å². The van der Waals surface area contributed by atoms with Gasteiger partial charge in [0.1, 0.15) is 5.69 Å². The third-order valence-corrected chi connectivity index (χ3v) is 2.84. The Bertz CT molecular complexity index is 436. The number of likely N-dealkylation sites (N-methyl/N-ethyl adjacent to an activating group) is 2. The van der Waals surface area contributed by atoms with Gasteiger partial charge in [-0.05, 0) is 26.7 Å². The zero-order valence-corrected chi connectivity index (χ0v) is 11.6. The molecule has 1 rings (SSSR count). The smallest absolute Gasteiger partial charge is 0.293 e. The lowest BCUT2D eigenvalue weighted by atomic mass is 10.1. The van der Waals surface area contributed by atoms with Crippen molar-refractivity contribution in [1.82, 2.24) is 9.80 Å². The summed E-state index contributed by atoms with van der Waals surface area (Å²) in [6.07, 6.45) is 0. The first-order chi connectivity index (χ1) is 8.95. The molecule has 0 saturated carbocycles. The van der Waals surface area contributed by atoms with Gasteiger partial charge < -0.3 is 15.2 Å². The van der Waals surface area contributed by atoms with Crippen LogP contribution in [0.4, 0.5) is 11.4 Å². The van der Waals surface area contributed by atoms with Crippen molar-refractivity contribution in [1.29, 1.82) is 0 Å². The molecule has 0 fully saturated rings. The fourth-order valence-electron chi connectivity index (χ4n) is 1.78. The second-order valence-electron chi connectivity index (χ2n) is 4.75. The van der Waals surface area contributed by atoms with Gasteiger partial charge in [-0.15, -0.1) is 0 Å². The SMILES string of the molecule is CN(C)CCN(C)Cc1cccc([N+](=O)[O-])c1NN. The summed E-state index contributed by atoms with van der Waals surface area (Å²) in [4.78, 5) is 14.7. The average molecular weight is 267 g/mol. The minimum Gasteiger partial charge on any atom is -0.318 e. The standard InChI is InChI=1S/C12H21N5O2/c1-15(2)7-8-16(3)9-10-5-4-6-11(17(18)19)12(10)14-13/h4-6,14H,7-9,13H2,1-3H3. The van der Waals surface area contributed by atoms with Crippen LogP contribution in [0, 0.1) is 10.1 Å². The Hall–Kier alpha value is -1.70. The highest BCUT2D eigenvalue weighted by Gasteiger charge is 2.17. The molecule has 0 atom stereocenters. The van der Waals surface area contributed by atoms with Crippen LogP contribution in [0.3, 0.4) is 0 Å². The molecule has 0 aliphatic carbocycles. The molecule has 0 aromatic heterocycles. The second-order valence-corrected chi connectivity index (χ2v) is 4.75. The van der Waals surface area contributed by atoms with Crippen LogP contribution in [-0.4, -0.2) is 49.0 Å². The molecule has 0 amide bonds. The van der Waals surface area contributed by atoms with Crippen LogP contribution in [0.2, 0.25) is 0 Å². The van der Waals surface area contributed by atoms with E-state index in [4.69, 9.17) is 5.84 Å². The van der Waals surface area contributed by atoms with Crippen LogP contribution in [0.15, 0.2) is 18.2 Å². The van der Waals surface area contributed by atoms with E-state index < -0.39 is 4.92 Å². The topological polar surface area (TPSA) is 87.7 Å². The van der Waals surface area contributed by atoms with E-state index in [1.54, 1.807) is 6.07 Å². The van der Waals surface area contributed by atoms with E-state index in [1.807, 2.05) is 27.2 Å². The zero-order valence-electron chi connectivity index (χ0n) is 11.6. The maximum atomic E-state index is 10.9. The number of benzene rings is 1. The first-order valence-corrected chi connectivity index (χ1v) is 6.02. The Morgan fingerprint density at radius 2 is 2.00 bits per heavy atom. The molecular weight excluding hydrogens is 246 g/mol. The number of hydrogen-bond donors (Lipinski definition) is 2. The zero-order chi connectivity index (χ0) is 14.4. The van der Waals surface area contributed by atoms with Gasteiger partial charge in [-0.25, -0.2) is 0 Å². The van der Waals surface area contributed by atoms with Crippen LogP contribution in [-0.2, 0) is 6.54 Å². The number of hydrazine groups is 1. The van der Waals surface area contributed by atoms with Crippen LogP contribution in [0.5, 0.6) is 0 Å². The largest absolute Gasteiger partial charge is 0.318 e. The quantitative estimate of drug-likeness (QED) is 0.433. The number of anilines is 1. The molecule has 7 heteroatoms. The Morgan fingerprint density at radius 1 is 1.32 bits per heavy atom. The van der Waals surface area contributed by atoms with Crippen molar-refractivity contribution >= 4 is 11.4 Å². The number of nitro benzene ring substituents is 1. The van der Waals surface area contributed by atoms with Gasteiger partial charge in [0, 0.05) is 25.7 Å². The van der Waals surface area contributed by atoms with E-state index in [2.05, 4.69) is 15.2 Å². The van der Waals surface area contributed by atoms with Crippen molar-refractivity contribution in [2.24, 2.45) is 5.84 Å². The highest BCUT2D eigenvalue weighted by molar-refractivity contribution is 5.65. The van der Waals surface area contributed by atoms with Crippen molar-refractivity contribution in [3.8, 4) is 0 Å². The van der Waals surface area contributed by atoms with Gasteiger partial charge in [0.05, 0.1) is 4.92 Å². The number of nitrogen functional groups attached to an aromatic ring is 1. The summed E-state index contributed by atoms with van der Waals surface area (Å²) in [5.74, 6) is 5.41. The molecule has 1 aromatic carbocycles. The highest BCUT2D eigenvalue weighted by atomic mass is 16.6. The molecule has 106 valence electrons. The molecule has 0 aliphatic rings. The molecular formula is C12H21N5O2. The Morgan fingerprint density at radius 3 is 2.53 bits per heavy atom. The monoisotopic (exact) mass is 267 g/mol. The molecule has 19 heavy (non-hydrogen) atoms. The van der Waals surface area contributed by atoms with Gasteiger partial charge in [-0.1, -0.05) is 12.1 Å². The highest BCUT2D eigenvalue weighted by Crippen LogP contribution is 2.27. The number of para-hydroxylation sites is 1. The summed E-state index contributed by atoms with van der Waals surface area (Å²) in [6.45, 7) is 2.41. The minimum absolute atomic E-state index is 0.000935. The van der Waals surface area contributed by atoms with Gasteiger partial charge in [-0.2, -0.15) is 0 Å². The number of nitrogens with two attached hydrogens (primary N) is 1. The molecule has 0 unspecified atom stereocenters. The summed E-state index contributed by atoms with van der Waals surface area (Å²) in [5, 5.41) is 10.9. The minimum atomic E-state index is -0.432. The molecule has 0 spiro atoms. The summed E-state index contributed by atoms with van der Waals surface area (Å²) >= 11 is 0. The lowest BCUT2D eigenvalue weighted by Gasteiger charge is -2.20. The van der Waals surface area contributed by atoms with Crippen molar-refractivity contribution < 1.29 is 4.92 Å². The maximum absolute atomic E-state index is 10.9. The lowest BCUT2D eigenvalue weighted by molar-refractivity contribution is -0.384. The summed E-state index contributed by atoms with van der Waals surface area (Å²) in [7, 11) is 5.99. The third-order valence-electron chi connectivity index (χ3n) is 2.84. The van der Waals surface area contributed by atoms with Crippen LogP contribution in [0.25, 0.3) is 0 Å². The molecule has 7 nitrogen and oxygen atoms in total. The van der Waals surface area contributed by atoms with Gasteiger partial charge in [0.25, 0.3) is 5.69 Å². The number of hydrogen-bond acceptors (Lipinski definition) is 6. The molecule has 0 heterocycles. The predicted octanol–water partition coefficient (Wildman–Crippen LogP) is 0.874. The maximum Gasteiger partial charge on any atom is 0.293 e. The Balaban J connectivity index is 2.83. The van der Waals surface area contributed by atoms with Crippen LogP contribution >= 0.6 is 0 Å². The summed E-state index contributed by atoms with van der Waals surface area (Å²) in [6, 6.07) is 4.96. The van der Waals surface area contributed by atoms with E-state index in [1.165, 1.54) is 6.07 Å². The first kappa shape index (κ1) is 15.4. The Labute approximate surface area is 113 Å². The van der Waals surface area contributed by atoms with Gasteiger partial charge in [-0.3, -0.25) is 16.0 Å². The van der Waals surface area contributed by atoms with Crippen LogP contribution < -0.4 is 11.3 Å². The van der Waals surface area contributed by atoms with Gasteiger partial charge in [0.15, 0.2) is 0 Å². The summed E-state index contributed by atoms with van der Waals surface area (Å²) < 4.78 is 0. The van der Waals surface area contributed by atoms with Crippen molar-refractivity contribution in [3.05, 3.63) is 33.9 Å². The van der Waals surface area contributed by atoms with Crippen molar-refractivity contribution in [2.45, 2.75) is 6.54 Å². The molecule has 3 N–H and O–H groups in total. The van der Waals surface area contributed by atoms with E-state index in [-0.39, 0.29) is 5.69 Å². The first-order valence-electron chi connectivity index (χ1n) is 6.02. The molecule has 0 aliphatic heterocycles. The molecule has 1 aromatic rings. The number of nitro groups is 1.